The Hall–Kier alpha value is -5.29. The number of hydrogen-bond donors (Lipinski definition) is 2. The maximum absolute atomic E-state index is 13.3. The molecule has 0 saturated carbocycles. The Morgan fingerprint density at radius 1 is 0.615 bits per heavy atom. The molecule has 2 N–H and O–H groups in total. The van der Waals surface area contributed by atoms with E-state index in [2.05, 4.69) is 0 Å². The van der Waals surface area contributed by atoms with Gasteiger partial charge in [-0.05, 0) is 51.4 Å². The number of ether oxygens (including phenoxy) is 2. The van der Waals surface area contributed by atoms with Crippen LogP contribution in [0.15, 0.2) is 121 Å². The van der Waals surface area contributed by atoms with Crippen molar-refractivity contribution in [2.75, 3.05) is 0 Å². The summed E-state index contributed by atoms with van der Waals surface area (Å²) >= 11 is 0. The van der Waals surface area contributed by atoms with Gasteiger partial charge < -0.3 is 19.7 Å². The maximum atomic E-state index is 13.3. The van der Waals surface area contributed by atoms with Gasteiger partial charge in [0, 0.05) is 11.1 Å². The third kappa shape index (κ3) is 4.62. The summed E-state index contributed by atoms with van der Waals surface area (Å²) in [4.78, 5) is 13.3. The number of benzene rings is 6. The van der Waals surface area contributed by atoms with E-state index in [-0.39, 0.29) is 29.4 Å². The number of esters is 1. The number of carbonyl (C=O) groups excluding carboxylic acids is 1. The molecule has 0 aromatic heterocycles. The predicted octanol–water partition coefficient (Wildman–Crippen LogP) is 7.87. The molecule has 190 valence electrons. The summed E-state index contributed by atoms with van der Waals surface area (Å²) in [5.74, 6) is -0.477. The van der Waals surface area contributed by atoms with Gasteiger partial charge >= 0.3 is 5.97 Å². The largest absolute Gasteiger partial charge is 0.506 e. The molecule has 0 aliphatic carbocycles. The van der Waals surface area contributed by atoms with Crippen LogP contribution in [0, 0.1) is 0 Å². The number of rotatable bonds is 6. The second kappa shape index (κ2) is 10.2. The van der Waals surface area contributed by atoms with Crippen molar-refractivity contribution < 1.29 is 24.5 Å². The molecule has 0 spiro atoms. The van der Waals surface area contributed by atoms with E-state index in [9.17, 15) is 15.0 Å². The number of carbonyl (C=O) groups is 1. The first kappa shape index (κ1) is 24.1. The zero-order chi connectivity index (χ0) is 26.8. The van der Waals surface area contributed by atoms with Gasteiger partial charge in [-0.2, -0.15) is 0 Å². The SMILES string of the molecule is O=C(Oc1ccccc1)c1cc2ccccc2c(-c2c(O)c(OCc3ccccc3)cc3ccccc23)c1O. The van der Waals surface area contributed by atoms with Gasteiger partial charge in [0.2, 0.25) is 0 Å². The second-order valence-corrected chi connectivity index (χ2v) is 9.17. The molecular weight excluding hydrogens is 488 g/mol. The molecule has 0 saturated heterocycles. The molecule has 0 atom stereocenters. The lowest BCUT2D eigenvalue weighted by molar-refractivity contribution is 0.0732. The van der Waals surface area contributed by atoms with Crippen LogP contribution in [-0.2, 0) is 6.61 Å². The lowest BCUT2D eigenvalue weighted by Crippen LogP contribution is -2.09. The fourth-order valence-corrected chi connectivity index (χ4v) is 4.81. The first-order chi connectivity index (χ1) is 19.1. The number of phenolic OH excluding ortho intramolecular Hbond substituents is 2. The summed E-state index contributed by atoms with van der Waals surface area (Å²) in [6.07, 6.45) is 0. The van der Waals surface area contributed by atoms with E-state index in [1.54, 1.807) is 36.4 Å². The Kier molecular flexibility index (Phi) is 6.31. The molecule has 6 aromatic carbocycles. The molecule has 0 unspecified atom stereocenters. The van der Waals surface area contributed by atoms with Gasteiger partial charge in [0.15, 0.2) is 11.5 Å². The molecule has 0 bridgehead atoms. The Balaban J connectivity index is 1.55. The molecule has 0 aliphatic rings. The topological polar surface area (TPSA) is 76.0 Å². The highest BCUT2D eigenvalue weighted by atomic mass is 16.5. The highest BCUT2D eigenvalue weighted by Gasteiger charge is 2.25. The molecule has 39 heavy (non-hydrogen) atoms. The summed E-state index contributed by atoms with van der Waals surface area (Å²) in [7, 11) is 0. The van der Waals surface area contributed by atoms with Gasteiger partial charge in [-0.3, -0.25) is 0 Å². The van der Waals surface area contributed by atoms with Crippen LogP contribution in [0.3, 0.4) is 0 Å². The van der Waals surface area contributed by atoms with Crippen LogP contribution in [0.2, 0.25) is 0 Å². The summed E-state index contributed by atoms with van der Waals surface area (Å²) in [6.45, 7) is 0.252. The summed E-state index contributed by atoms with van der Waals surface area (Å²) in [5, 5.41) is 26.1. The minimum absolute atomic E-state index is 0.00774. The monoisotopic (exact) mass is 512 g/mol. The minimum atomic E-state index is -0.703. The molecule has 0 heterocycles. The van der Waals surface area contributed by atoms with Crippen molar-refractivity contribution in [2.24, 2.45) is 0 Å². The van der Waals surface area contributed by atoms with Gasteiger partial charge in [-0.15, -0.1) is 0 Å². The average Bonchev–Trinajstić information content (AvgIpc) is 2.97. The van der Waals surface area contributed by atoms with Crippen LogP contribution in [0.4, 0.5) is 0 Å². The Bertz CT molecular complexity index is 1810. The van der Waals surface area contributed by atoms with Crippen molar-refractivity contribution in [1.29, 1.82) is 0 Å². The predicted molar refractivity (Wildman–Crippen MR) is 152 cm³/mol. The maximum Gasteiger partial charge on any atom is 0.347 e. The van der Waals surface area contributed by atoms with Crippen molar-refractivity contribution in [3.8, 4) is 34.1 Å². The zero-order valence-electron chi connectivity index (χ0n) is 20.9. The first-order valence-electron chi connectivity index (χ1n) is 12.5. The molecule has 5 heteroatoms. The molecule has 6 aromatic rings. The van der Waals surface area contributed by atoms with Gasteiger partial charge in [0.05, 0.1) is 0 Å². The van der Waals surface area contributed by atoms with Crippen molar-refractivity contribution >= 4 is 27.5 Å². The second-order valence-electron chi connectivity index (χ2n) is 9.17. The average molecular weight is 513 g/mol. The van der Waals surface area contributed by atoms with Crippen molar-refractivity contribution in [3.05, 3.63) is 132 Å². The van der Waals surface area contributed by atoms with Crippen molar-refractivity contribution in [3.63, 3.8) is 0 Å². The summed E-state index contributed by atoms with van der Waals surface area (Å²) in [5.41, 5.74) is 1.64. The van der Waals surface area contributed by atoms with Crippen LogP contribution in [0.1, 0.15) is 15.9 Å². The first-order valence-corrected chi connectivity index (χ1v) is 12.5. The van der Waals surface area contributed by atoms with Gasteiger partial charge in [0.25, 0.3) is 0 Å². The summed E-state index contributed by atoms with van der Waals surface area (Å²) < 4.78 is 11.6. The Labute approximate surface area is 225 Å². The molecule has 0 radical (unpaired) electrons. The number of aromatic hydroxyl groups is 2. The summed E-state index contributed by atoms with van der Waals surface area (Å²) in [6, 6.07) is 36.7. The Morgan fingerprint density at radius 3 is 1.82 bits per heavy atom. The van der Waals surface area contributed by atoms with E-state index in [0.717, 1.165) is 10.9 Å². The highest BCUT2D eigenvalue weighted by molar-refractivity contribution is 6.14. The molecule has 0 aliphatic heterocycles. The zero-order valence-corrected chi connectivity index (χ0v) is 20.9. The third-order valence-electron chi connectivity index (χ3n) is 6.67. The lowest BCUT2D eigenvalue weighted by Gasteiger charge is -2.19. The fourth-order valence-electron chi connectivity index (χ4n) is 4.81. The smallest absolute Gasteiger partial charge is 0.347 e. The molecular formula is C34H24O5. The molecule has 0 amide bonds. The van der Waals surface area contributed by atoms with E-state index < -0.39 is 5.97 Å². The van der Waals surface area contributed by atoms with E-state index in [1.165, 1.54) is 0 Å². The van der Waals surface area contributed by atoms with Crippen LogP contribution in [-0.4, -0.2) is 16.2 Å². The third-order valence-corrected chi connectivity index (χ3v) is 6.67. The minimum Gasteiger partial charge on any atom is -0.506 e. The van der Waals surface area contributed by atoms with Crippen LogP contribution >= 0.6 is 0 Å². The standard InChI is InChI=1S/C34H24O5/c35-32-28(34(37)39-25-15-5-2-6-16-25)19-23-13-7-9-17-26(23)30(32)31-27-18-10-8-14-24(27)20-29(33(31)36)38-21-22-11-3-1-4-12-22/h1-20,35-36H,21H2. The number of fused-ring (bicyclic) bond motifs is 2. The van der Waals surface area contributed by atoms with Crippen LogP contribution < -0.4 is 9.47 Å². The van der Waals surface area contributed by atoms with Crippen molar-refractivity contribution in [1.82, 2.24) is 0 Å². The van der Waals surface area contributed by atoms with Gasteiger partial charge in [-0.1, -0.05) is 97.1 Å². The molecule has 6 rings (SSSR count). The van der Waals surface area contributed by atoms with E-state index >= 15 is 0 Å². The van der Waals surface area contributed by atoms with E-state index in [4.69, 9.17) is 9.47 Å². The van der Waals surface area contributed by atoms with Gasteiger partial charge in [0.1, 0.15) is 23.7 Å². The van der Waals surface area contributed by atoms with Crippen LogP contribution in [0.5, 0.6) is 23.0 Å². The number of phenols is 2. The number of hydrogen-bond acceptors (Lipinski definition) is 5. The van der Waals surface area contributed by atoms with Crippen molar-refractivity contribution in [2.45, 2.75) is 6.61 Å². The molecule has 5 nitrogen and oxygen atoms in total. The van der Waals surface area contributed by atoms with Crippen LogP contribution in [0.25, 0.3) is 32.7 Å². The molecule has 0 fully saturated rings. The quantitative estimate of drug-likeness (QED) is 0.175. The highest BCUT2D eigenvalue weighted by Crippen LogP contribution is 2.49. The lowest BCUT2D eigenvalue weighted by atomic mass is 9.90. The van der Waals surface area contributed by atoms with Gasteiger partial charge in [-0.25, -0.2) is 4.79 Å². The number of para-hydroxylation sites is 1. The normalized spacial score (nSPS) is 11.0. The fraction of sp³-hybridized carbons (Fsp3) is 0.0294. The van der Waals surface area contributed by atoms with E-state index in [1.807, 2.05) is 84.9 Å². The van der Waals surface area contributed by atoms with E-state index in [0.29, 0.717) is 33.0 Å². The Morgan fingerprint density at radius 2 is 1.15 bits per heavy atom.